The number of carbonyl (C=O) groups excluding carboxylic acids is 2. The van der Waals surface area contributed by atoms with E-state index >= 15 is 0 Å². The minimum absolute atomic E-state index is 0.00464. The average molecular weight is 415 g/mol. The molecule has 1 aromatic carbocycles. The molecule has 0 unspecified atom stereocenters. The van der Waals surface area contributed by atoms with Gasteiger partial charge in [0, 0.05) is 44.0 Å². The molecule has 0 spiro atoms. The van der Waals surface area contributed by atoms with Crippen LogP contribution in [-0.2, 0) is 9.59 Å². The monoisotopic (exact) mass is 414 g/mol. The highest BCUT2D eigenvalue weighted by atomic mass is 16.2. The molecular weight excluding hydrogens is 376 g/mol. The van der Waals surface area contributed by atoms with Crippen LogP contribution in [0.15, 0.2) is 24.3 Å². The molecule has 0 atom stereocenters. The number of nitrogens with zero attached hydrogens (tertiary/aromatic N) is 3. The van der Waals surface area contributed by atoms with Crippen molar-refractivity contribution in [3.63, 3.8) is 0 Å². The molecule has 0 aliphatic carbocycles. The van der Waals surface area contributed by atoms with Crippen LogP contribution in [0.2, 0.25) is 0 Å². The van der Waals surface area contributed by atoms with Crippen molar-refractivity contribution in [1.29, 1.82) is 0 Å². The van der Waals surface area contributed by atoms with E-state index < -0.39 is 0 Å². The standard InChI is InChI=1S/C24H38N4O2/c1-19(2)26-15-11-21(12-16-26)25-23(29)17-28(22-9-7-20(3)8-10-22)18-24(30)27-13-5-4-6-14-27/h7-10,19,21H,4-6,11-18H2,1-3H3,(H,25,29). The fraction of sp³-hybridized carbons (Fsp3) is 0.667. The third-order valence-corrected chi connectivity index (χ3v) is 6.39. The SMILES string of the molecule is Cc1ccc(N(CC(=O)NC2CCN(C(C)C)CC2)CC(=O)N2CCCCC2)cc1. The van der Waals surface area contributed by atoms with Crippen LogP contribution in [0.4, 0.5) is 5.69 Å². The Labute approximate surface area is 181 Å². The van der Waals surface area contributed by atoms with Crippen LogP contribution in [0.1, 0.15) is 51.5 Å². The van der Waals surface area contributed by atoms with Gasteiger partial charge in [-0.1, -0.05) is 17.7 Å². The maximum atomic E-state index is 12.9. The van der Waals surface area contributed by atoms with E-state index in [-0.39, 0.29) is 30.9 Å². The molecule has 2 amide bonds. The maximum Gasteiger partial charge on any atom is 0.242 e. The molecule has 0 aromatic heterocycles. The Morgan fingerprint density at radius 1 is 1.00 bits per heavy atom. The predicted molar refractivity (Wildman–Crippen MR) is 122 cm³/mol. The van der Waals surface area contributed by atoms with Crippen molar-refractivity contribution < 1.29 is 9.59 Å². The molecule has 30 heavy (non-hydrogen) atoms. The summed E-state index contributed by atoms with van der Waals surface area (Å²) in [6.45, 7) is 10.7. The van der Waals surface area contributed by atoms with Crippen molar-refractivity contribution in [3.8, 4) is 0 Å². The highest BCUT2D eigenvalue weighted by Gasteiger charge is 2.24. The number of amides is 2. The summed E-state index contributed by atoms with van der Waals surface area (Å²) in [5.41, 5.74) is 2.10. The number of hydrogen-bond donors (Lipinski definition) is 1. The molecule has 2 heterocycles. The lowest BCUT2D eigenvalue weighted by molar-refractivity contribution is -0.130. The number of benzene rings is 1. The van der Waals surface area contributed by atoms with Gasteiger partial charge in [0.25, 0.3) is 0 Å². The van der Waals surface area contributed by atoms with Crippen molar-refractivity contribution >= 4 is 17.5 Å². The molecule has 0 saturated carbocycles. The van der Waals surface area contributed by atoms with Crippen LogP contribution in [-0.4, -0.2) is 73.0 Å². The first-order valence-electron chi connectivity index (χ1n) is 11.5. The van der Waals surface area contributed by atoms with Crippen LogP contribution in [0.25, 0.3) is 0 Å². The molecule has 6 heteroatoms. The summed E-state index contributed by atoms with van der Waals surface area (Å²) in [6, 6.07) is 8.87. The lowest BCUT2D eigenvalue weighted by atomic mass is 10.0. The summed E-state index contributed by atoms with van der Waals surface area (Å²) in [4.78, 5) is 32.0. The van der Waals surface area contributed by atoms with Crippen LogP contribution in [0, 0.1) is 6.92 Å². The number of likely N-dealkylation sites (tertiary alicyclic amines) is 2. The van der Waals surface area contributed by atoms with E-state index in [1.807, 2.05) is 41.0 Å². The molecular formula is C24H38N4O2. The van der Waals surface area contributed by atoms with E-state index in [2.05, 4.69) is 24.1 Å². The van der Waals surface area contributed by atoms with Crippen molar-refractivity contribution in [1.82, 2.24) is 15.1 Å². The number of hydrogen-bond acceptors (Lipinski definition) is 4. The first-order chi connectivity index (χ1) is 14.4. The first-order valence-corrected chi connectivity index (χ1v) is 11.5. The minimum Gasteiger partial charge on any atom is -0.353 e. The average Bonchev–Trinajstić information content (AvgIpc) is 2.74. The summed E-state index contributed by atoms with van der Waals surface area (Å²) in [7, 11) is 0. The van der Waals surface area contributed by atoms with Gasteiger partial charge in [0.1, 0.15) is 0 Å². The Kier molecular flexibility index (Phi) is 8.14. The molecule has 166 valence electrons. The highest BCUT2D eigenvalue weighted by molar-refractivity contribution is 5.86. The second kappa shape index (κ2) is 10.8. The summed E-state index contributed by atoms with van der Waals surface area (Å²) in [5.74, 6) is 0.123. The van der Waals surface area contributed by atoms with Crippen LogP contribution >= 0.6 is 0 Å². The molecule has 6 nitrogen and oxygen atoms in total. The zero-order chi connectivity index (χ0) is 21.5. The van der Waals surface area contributed by atoms with E-state index in [9.17, 15) is 9.59 Å². The van der Waals surface area contributed by atoms with Gasteiger partial charge in [0.2, 0.25) is 11.8 Å². The Balaban J connectivity index is 1.59. The predicted octanol–water partition coefficient (Wildman–Crippen LogP) is 2.80. The number of aryl methyl sites for hydroxylation is 1. The second-order valence-corrected chi connectivity index (χ2v) is 9.10. The van der Waals surface area contributed by atoms with Crippen molar-refractivity contribution in [2.45, 2.75) is 65.0 Å². The number of piperidine rings is 2. The van der Waals surface area contributed by atoms with Gasteiger partial charge in [-0.15, -0.1) is 0 Å². The summed E-state index contributed by atoms with van der Waals surface area (Å²) < 4.78 is 0. The third-order valence-electron chi connectivity index (χ3n) is 6.39. The lowest BCUT2D eigenvalue weighted by Crippen LogP contribution is -2.50. The number of carbonyl (C=O) groups is 2. The normalized spacial score (nSPS) is 18.5. The molecule has 3 rings (SSSR count). The highest BCUT2D eigenvalue weighted by Crippen LogP contribution is 2.17. The van der Waals surface area contributed by atoms with E-state index in [4.69, 9.17) is 0 Å². The zero-order valence-corrected chi connectivity index (χ0v) is 18.9. The Morgan fingerprint density at radius 2 is 1.63 bits per heavy atom. The Bertz CT molecular complexity index is 690. The molecule has 2 saturated heterocycles. The summed E-state index contributed by atoms with van der Waals surface area (Å²) in [5, 5.41) is 3.21. The second-order valence-electron chi connectivity index (χ2n) is 9.10. The van der Waals surface area contributed by atoms with Crippen molar-refractivity contribution in [2.75, 3.05) is 44.2 Å². The Morgan fingerprint density at radius 3 is 2.23 bits per heavy atom. The van der Waals surface area contributed by atoms with Gasteiger partial charge in [0.15, 0.2) is 0 Å². The fourth-order valence-corrected chi connectivity index (χ4v) is 4.41. The number of anilines is 1. The van der Waals surface area contributed by atoms with Gasteiger partial charge in [-0.05, 0) is 65.0 Å². The van der Waals surface area contributed by atoms with Crippen molar-refractivity contribution in [2.24, 2.45) is 0 Å². The van der Waals surface area contributed by atoms with Crippen LogP contribution in [0.5, 0.6) is 0 Å². The van der Waals surface area contributed by atoms with Crippen LogP contribution < -0.4 is 10.2 Å². The Hall–Kier alpha value is -2.08. The molecule has 0 bridgehead atoms. The van der Waals surface area contributed by atoms with Crippen LogP contribution in [0.3, 0.4) is 0 Å². The molecule has 1 aromatic rings. The molecule has 2 fully saturated rings. The minimum atomic E-state index is 0.00464. The van der Waals surface area contributed by atoms with E-state index in [1.165, 1.54) is 12.0 Å². The molecule has 0 radical (unpaired) electrons. The van der Waals surface area contributed by atoms with Crippen molar-refractivity contribution in [3.05, 3.63) is 29.8 Å². The summed E-state index contributed by atoms with van der Waals surface area (Å²) >= 11 is 0. The largest absolute Gasteiger partial charge is 0.353 e. The van der Waals surface area contributed by atoms with Gasteiger partial charge >= 0.3 is 0 Å². The first kappa shape index (κ1) is 22.6. The van der Waals surface area contributed by atoms with Gasteiger partial charge in [0.05, 0.1) is 13.1 Å². The third kappa shape index (κ3) is 6.46. The van der Waals surface area contributed by atoms with E-state index in [1.54, 1.807) is 0 Å². The number of nitrogens with one attached hydrogen (secondary N) is 1. The van der Waals surface area contributed by atoms with Gasteiger partial charge < -0.3 is 20.0 Å². The van der Waals surface area contributed by atoms with Gasteiger partial charge in [-0.2, -0.15) is 0 Å². The van der Waals surface area contributed by atoms with E-state index in [0.717, 1.165) is 57.5 Å². The van der Waals surface area contributed by atoms with Gasteiger partial charge in [-0.25, -0.2) is 0 Å². The summed E-state index contributed by atoms with van der Waals surface area (Å²) in [6.07, 6.45) is 5.32. The zero-order valence-electron chi connectivity index (χ0n) is 18.9. The maximum absolute atomic E-state index is 12.9. The topological polar surface area (TPSA) is 55.9 Å². The molecule has 2 aliphatic heterocycles. The van der Waals surface area contributed by atoms with Gasteiger partial charge in [-0.3, -0.25) is 9.59 Å². The molecule has 1 N–H and O–H groups in total. The quantitative estimate of drug-likeness (QED) is 0.745. The fourth-order valence-electron chi connectivity index (χ4n) is 4.41. The lowest BCUT2D eigenvalue weighted by Gasteiger charge is -2.35. The molecule has 2 aliphatic rings. The number of rotatable bonds is 7. The smallest absolute Gasteiger partial charge is 0.242 e. The van der Waals surface area contributed by atoms with E-state index in [0.29, 0.717) is 6.04 Å².